The molecule has 122 valence electrons. The Kier molecular flexibility index (Phi) is 4.33. The van der Waals surface area contributed by atoms with Gasteiger partial charge >= 0.3 is 0 Å². The predicted octanol–water partition coefficient (Wildman–Crippen LogP) is 3.34. The second-order valence-electron chi connectivity index (χ2n) is 5.34. The third kappa shape index (κ3) is 3.01. The van der Waals surface area contributed by atoms with Crippen molar-refractivity contribution in [1.29, 1.82) is 0 Å². The van der Waals surface area contributed by atoms with Crippen molar-refractivity contribution in [2.45, 2.75) is 13.3 Å². The Bertz CT molecular complexity index is 957. The molecule has 0 aliphatic carbocycles. The Labute approximate surface area is 139 Å². The monoisotopic (exact) mass is 322 g/mol. The minimum Gasteiger partial charge on any atom is -0.493 e. The SMILES string of the molecule is CCc1ccc(N=c2oc3c(OC)cccc3cc2C(N)=O)cc1. The molecule has 24 heavy (non-hydrogen) atoms. The number of carbonyl (C=O) groups is 1. The topological polar surface area (TPSA) is 77.8 Å². The van der Waals surface area contributed by atoms with Gasteiger partial charge in [0.1, 0.15) is 5.56 Å². The van der Waals surface area contributed by atoms with Crippen LogP contribution in [-0.2, 0) is 6.42 Å². The zero-order chi connectivity index (χ0) is 17.1. The summed E-state index contributed by atoms with van der Waals surface area (Å²) in [4.78, 5) is 16.2. The highest BCUT2D eigenvalue weighted by atomic mass is 16.5. The highest BCUT2D eigenvalue weighted by molar-refractivity contribution is 5.96. The molecule has 2 N–H and O–H groups in total. The molecule has 0 saturated carbocycles. The number of methoxy groups -OCH3 is 1. The van der Waals surface area contributed by atoms with Crippen molar-refractivity contribution < 1.29 is 13.9 Å². The van der Waals surface area contributed by atoms with Gasteiger partial charge in [-0.05, 0) is 36.2 Å². The Morgan fingerprint density at radius 1 is 1.21 bits per heavy atom. The van der Waals surface area contributed by atoms with E-state index in [-0.39, 0.29) is 11.1 Å². The van der Waals surface area contributed by atoms with E-state index in [9.17, 15) is 4.79 Å². The van der Waals surface area contributed by atoms with Gasteiger partial charge in [-0.1, -0.05) is 31.2 Å². The normalized spacial score (nSPS) is 11.7. The van der Waals surface area contributed by atoms with Gasteiger partial charge in [-0.15, -0.1) is 0 Å². The third-order valence-corrected chi connectivity index (χ3v) is 3.80. The lowest BCUT2D eigenvalue weighted by atomic mass is 10.1. The number of para-hydroxylation sites is 1. The molecule has 0 unspecified atom stereocenters. The van der Waals surface area contributed by atoms with Crippen molar-refractivity contribution in [2.24, 2.45) is 10.7 Å². The molecule has 1 aromatic heterocycles. The number of fused-ring (bicyclic) bond motifs is 1. The van der Waals surface area contributed by atoms with Gasteiger partial charge in [0, 0.05) is 5.39 Å². The second kappa shape index (κ2) is 6.58. The standard InChI is InChI=1S/C19H18N2O3/c1-3-12-7-9-14(10-8-12)21-19-15(18(20)22)11-13-5-4-6-16(23-2)17(13)24-19/h4-11H,3H2,1-2H3,(H2,20,22). The summed E-state index contributed by atoms with van der Waals surface area (Å²) in [6.45, 7) is 2.09. The van der Waals surface area contributed by atoms with E-state index in [0.29, 0.717) is 17.0 Å². The van der Waals surface area contributed by atoms with Gasteiger partial charge in [0.2, 0.25) is 5.55 Å². The largest absolute Gasteiger partial charge is 0.493 e. The minimum absolute atomic E-state index is 0.170. The first-order valence-electron chi connectivity index (χ1n) is 7.66. The van der Waals surface area contributed by atoms with Crippen molar-refractivity contribution in [3.63, 3.8) is 0 Å². The Hall–Kier alpha value is -3.08. The first-order valence-corrected chi connectivity index (χ1v) is 7.66. The molecule has 3 rings (SSSR count). The number of primary amides is 1. The van der Waals surface area contributed by atoms with E-state index in [1.807, 2.05) is 36.4 Å². The van der Waals surface area contributed by atoms with Crippen LogP contribution in [0.25, 0.3) is 11.0 Å². The van der Waals surface area contributed by atoms with Crippen LogP contribution < -0.4 is 16.0 Å². The number of benzene rings is 2. The first-order chi connectivity index (χ1) is 11.6. The van der Waals surface area contributed by atoms with Crippen molar-refractivity contribution >= 4 is 22.6 Å². The predicted molar refractivity (Wildman–Crippen MR) is 92.3 cm³/mol. The van der Waals surface area contributed by atoms with Gasteiger partial charge in [-0.3, -0.25) is 4.79 Å². The maximum absolute atomic E-state index is 11.8. The van der Waals surface area contributed by atoms with Gasteiger partial charge in [-0.2, -0.15) is 0 Å². The average molecular weight is 322 g/mol. The Balaban J connectivity index is 2.25. The zero-order valence-electron chi connectivity index (χ0n) is 13.6. The lowest BCUT2D eigenvalue weighted by Gasteiger charge is -2.06. The number of amides is 1. The molecular formula is C19H18N2O3. The number of rotatable bonds is 4. The number of nitrogens with zero attached hydrogens (tertiary/aromatic N) is 1. The van der Waals surface area contributed by atoms with Crippen LogP contribution in [0.3, 0.4) is 0 Å². The summed E-state index contributed by atoms with van der Waals surface area (Å²) in [5, 5.41) is 0.725. The van der Waals surface area contributed by atoms with Crippen LogP contribution >= 0.6 is 0 Å². The van der Waals surface area contributed by atoms with E-state index in [1.165, 1.54) is 5.56 Å². The summed E-state index contributed by atoms with van der Waals surface area (Å²) < 4.78 is 11.2. The number of carbonyl (C=O) groups excluding carboxylic acids is 1. The molecule has 0 aliphatic heterocycles. The molecule has 0 atom stereocenters. The van der Waals surface area contributed by atoms with Crippen LogP contribution in [-0.4, -0.2) is 13.0 Å². The molecule has 2 aromatic carbocycles. The number of hydrogen-bond acceptors (Lipinski definition) is 4. The summed E-state index contributed by atoms with van der Waals surface area (Å²) >= 11 is 0. The highest BCUT2D eigenvalue weighted by Gasteiger charge is 2.12. The number of ether oxygens (including phenoxy) is 1. The molecule has 1 heterocycles. The molecule has 0 aliphatic rings. The quantitative estimate of drug-likeness (QED) is 0.800. The van der Waals surface area contributed by atoms with Crippen LogP contribution in [0.4, 0.5) is 5.69 Å². The summed E-state index contributed by atoms with van der Waals surface area (Å²) in [5.41, 5.74) is 8.31. The summed E-state index contributed by atoms with van der Waals surface area (Å²) in [6.07, 6.45) is 0.949. The highest BCUT2D eigenvalue weighted by Crippen LogP contribution is 2.24. The summed E-state index contributed by atoms with van der Waals surface area (Å²) in [6, 6.07) is 14.8. The zero-order valence-corrected chi connectivity index (χ0v) is 13.6. The van der Waals surface area contributed by atoms with Crippen molar-refractivity contribution in [2.75, 3.05) is 7.11 Å². The van der Waals surface area contributed by atoms with Crippen molar-refractivity contribution in [3.8, 4) is 5.75 Å². The van der Waals surface area contributed by atoms with Gasteiger partial charge in [-0.25, -0.2) is 4.99 Å². The third-order valence-electron chi connectivity index (χ3n) is 3.80. The lowest BCUT2D eigenvalue weighted by Crippen LogP contribution is -2.21. The molecule has 0 fully saturated rings. The molecule has 3 aromatic rings. The molecular weight excluding hydrogens is 304 g/mol. The number of nitrogens with two attached hydrogens (primary N) is 1. The van der Waals surface area contributed by atoms with Crippen LogP contribution in [0.1, 0.15) is 22.8 Å². The van der Waals surface area contributed by atoms with E-state index < -0.39 is 5.91 Å². The van der Waals surface area contributed by atoms with E-state index in [2.05, 4.69) is 11.9 Å². The smallest absolute Gasteiger partial charge is 0.254 e. The van der Waals surface area contributed by atoms with Crippen molar-refractivity contribution in [1.82, 2.24) is 0 Å². The first kappa shape index (κ1) is 15.8. The van der Waals surface area contributed by atoms with Crippen LogP contribution in [0, 0.1) is 0 Å². The molecule has 0 spiro atoms. The minimum atomic E-state index is -0.590. The van der Waals surface area contributed by atoms with Crippen molar-refractivity contribution in [3.05, 3.63) is 65.2 Å². The maximum Gasteiger partial charge on any atom is 0.254 e. The lowest BCUT2D eigenvalue weighted by molar-refractivity contribution is 0.0996. The number of hydrogen-bond donors (Lipinski definition) is 1. The molecule has 5 heteroatoms. The van der Waals surface area contributed by atoms with Crippen LogP contribution in [0.2, 0.25) is 0 Å². The molecule has 1 amide bonds. The Morgan fingerprint density at radius 2 is 1.96 bits per heavy atom. The van der Waals surface area contributed by atoms with Gasteiger partial charge in [0.25, 0.3) is 5.91 Å². The van der Waals surface area contributed by atoms with E-state index >= 15 is 0 Å². The fourth-order valence-electron chi connectivity index (χ4n) is 2.47. The average Bonchev–Trinajstić information content (AvgIpc) is 2.61. The van der Waals surface area contributed by atoms with E-state index in [4.69, 9.17) is 14.9 Å². The fraction of sp³-hybridized carbons (Fsp3) is 0.158. The van der Waals surface area contributed by atoms with Crippen LogP contribution in [0.5, 0.6) is 5.75 Å². The number of aryl methyl sites for hydroxylation is 1. The second-order valence-corrected chi connectivity index (χ2v) is 5.34. The Morgan fingerprint density at radius 3 is 2.58 bits per heavy atom. The van der Waals surface area contributed by atoms with Gasteiger partial charge < -0.3 is 14.9 Å². The van der Waals surface area contributed by atoms with Gasteiger partial charge in [0.15, 0.2) is 11.3 Å². The van der Waals surface area contributed by atoms with Gasteiger partial charge in [0.05, 0.1) is 12.8 Å². The van der Waals surface area contributed by atoms with E-state index in [1.54, 1.807) is 19.2 Å². The molecule has 0 radical (unpaired) electrons. The molecule has 5 nitrogen and oxygen atoms in total. The van der Waals surface area contributed by atoms with Crippen LogP contribution in [0.15, 0.2) is 57.9 Å². The molecule has 0 saturated heterocycles. The summed E-state index contributed by atoms with van der Waals surface area (Å²) in [5.74, 6) is -0.0197. The summed E-state index contributed by atoms with van der Waals surface area (Å²) in [7, 11) is 1.56. The van der Waals surface area contributed by atoms with E-state index in [0.717, 1.165) is 11.8 Å². The fourth-order valence-corrected chi connectivity index (χ4v) is 2.47. The maximum atomic E-state index is 11.8. The molecule has 0 bridgehead atoms.